The Morgan fingerprint density at radius 2 is 1.68 bits per heavy atom. The van der Waals surface area contributed by atoms with Gasteiger partial charge in [-0.2, -0.15) is 0 Å². The van der Waals surface area contributed by atoms with E-state index in [1.165, 1.54) is 28.7 Å². The maximum Gasteiger partial charge on any atom is 0.363 e. The topological polar surface area (TPSA) is 65.0 Å². The van der Waals surface area contributed by atoms with Gasteiger partial charge in [0.1, 0.15) is 15.5 Å². The number of esters is 2. The van der Waals surface area contributed by atoms with Gasteiger partial charge in [-0.15, -0.1) is 22.7 Å². The van der Waals surface area contributed by atoms with Crippen molar-refractivity contribution in [1.82, 2.24) is 0 Å². The Morgan fingerprint density at radius 1 is 0.947 bits per heavy atom. The van der Waals surface area contributed by atoms with Gasteiger partial charge in [-0.3, -0.25) is 0 Å². The highest BCUT2D eigenvalue weighted by Crippen LogP contribution is 2.40. The van der Waals surface area contributed by atoms with E-state index in [-0.39, 0.29) is 22.2 Å². The van der Waals surface area contributed by atoms with Crippen LogP contribution in [0.4, 0.5) is 0 Å². The van der Waals surface area contributed by atoms with Crippen molar-refractivity contribution in [3.05, 3.63) is 101 Å². The van der Waals surface area contributed by atoms with Crippen LogP contribution in [-0.4, -0.2) is 17.8 Å². The average Bonchev–Trinajstić information content (AvgIpc) is 3.52. The fourth-order valence-corrected chi connectivity index (χ4v) is 7.49. The van der Waals surface area contributed by atoms with Gasteiger partial charge in [0.25, 0.3) is 0 Å². The first-order chi connectivity index (χ1) is 18.3. The fraction of sp³-hybridized carbons (Fsp3) is 0. The fourth-order valence-electron chi connectivity index (χ4n) is 3.84. The molecule has 3 heterocycles. The van der Waals surface area contributed by atoms with Gasteiger partial charge in [-0.25, -0.2) is 14.6 Å². The molecule has 3 aromatic carbocycles. The number of rotatable bonds is 4. The zero-order valence-corrected chi connectivity index (χ0v) is 24.2. The van der Waals surface area contributed by atoms with Crippen LogP contribution in [0, 0.1) is 0 Å². The Labute approximate surface area is 247 Å². The molecule has 188 valence electrons. The van der Waals surface area contributed by atoms with E-state index in [4.69, 9.17) is 44.3 Å². The monoisotopic (exact) mass is 661 g/mol. The highest BCUT2D eigenvalue weighted by Gasteiger charge is 2.28. The molecule has 0 saturated heterocycles. The summed E-state index contributed by atoms with van der Waals surface area (Å²) in [6.45, 7) is 0. The van der Waals surface area contributed by atoms with Gasteiger partial charge < -0.3 is 9.47 Å². The first-order valence-corrected chi connectivity index (χ1v) is 14.4. The minimum Gasteiger partial charge on any atom is -0.422 e. The molecule has 0 amide bonds. The second-order valence-corrected chi connectivity index (χ2v) is 12.2. The molecule has 0 spiro atoms. The molecule has 1 aliphatic heterocycles. The van der Waals surface area contributed by atoms with E-state index in [9.17, 15) is 9.59 Å². The van der Waals surface area contributed by atoms with Gasteiger partial charge in [0.05, 0.1) is 10.0 Å². The second kappa shape index (κ2) is 10.1. The lowest BCUT2D eigenvalue weighted by Crippen LogP contribution is -2.08. The number of hydrogen-bond acceptors (Lipinski definition) is 7. The number of cyclic esters (lactones) is 1. The summed E-state index contributed by atoms with van der Waals surface area (Å²) in [6.07, 6.45) is 1.50. The minimum absolute atomic E-state index is 0.0488. The normalized spacial score (nSPS) is 14.4. The summed E-state index contributed by atoms with van der Waals surface area (Å²) in [5.41, 5.74) is 0.511. The standard InChI is InChI=1S/C27H11BrCl3NO4S2/c28-13-5-7-15-19(10-13)37-23(21(15)30)25-32-17(26(33)36-25)9-12-3-1-2-4-18(12)35-27(34)24-22(31)16-8-6-14(29)11-20(16)38-24/h1-11H/b17-9+. The molecular formula is C27H11BrCl3NO4S2. The van der Waals surface area contributed by atoms with Gasteiger partial charge in [0, 0.05) is 35.2 Å². The maximum absolute atomic E-state index is 13.0. The van der Waals surface area contributed by atoms with Crippen LogP contribution in [0.2, 0.25) is 15.1 Å². The Hall–Kier alpha value is -2.72. The molecular weight excluding hydrogens is 653 g/mol. The lowest BCUT2D eigenvalue weighted by atomic mass is 10.1. The molecule has 0 unspecified atom stereocenters. The van der Waals surface area contributed by atoms with Crippen LogP contribution < -0.4 is 4.74 Å². The predicted molar refractivity (Wildman–Crippen MR) is 158 cm³/mol. The second-order valence-electron chi connectivity index (χ2n) is 8.03. The zero-order valence-electron chi connectivity index (χ0n) is 18.8. The number of ether oxygens (including phenoxy) is 2. The molecule has 11 heteroatoms. The number of nitrogens with zero attached hydrogens (tertiary/aromatic N) is 1. The van der Waals surface area contributed by atoms with Gasteiger partial charge in [-0.05, 0) is 36.4 Å². The molecule has 0 atom stereocenters. The van der Waals surface area contributed by atoms with Crippen LogP contribution in [0.5, 0.6) is 5.75 Å². The number of fused-ring (bicyclic) bond motifs is 2. The third kappa shape index (κ3) is 4.66. The Kier molecular flexibility index (Phi) is 6.80. The quantitative estimate of drug-likeness (QED) is 0.109. The largest absolute Gasteiger partial charge is 0.422 e. The first kappa shape index (κ1) is 25.6. The predicted octanol–water partition coefficient (Wildman–Crippen LogP) is 9.40. The van der Waals surface area contributed by atoms with Crippen LogP contribution in [0.3, 0.4) is 0 Å². The van der Waals surface area contributed by atoms with E-state index < -0.39 is 11.9 Å². The summed E-state index contributed by atoms with van der Waals surface area (Å²) in [7, 11) is 0. The smallest absolute Gasteiger partial charge is 0.363 e. The van der Waals surface area contributed by atoms with E-state index >= 15 is 0 Å². The number of aliphatic imine (C=N–C) groups is 1. The molecule has 5 aromatic rings. The number of benzene rings is 3. The van der Waals surface area contributed by atoms with Crippen LogP contribution in [0.25, 0.3) is 26.2 Å². The molecule has 0 fully saturated rings. The van der Waals surface area contributed by atoms with Gasteiger partial charge >= 0.3 is 11.9 Å². The Morgan fingerprint density at radius 3 is 2.53 bits per heavy atom. The lowest BCUT2D eigenvalue weighted by Gasteiger charge is -2.07. The van der Waals surface area contributed by atoms with Crippen molar-refractivity contribution in [3.8, 4) is 5.75 Å². The third-order valence-corrected chi connectivity index (χ3v) is 9.61. The lowest BCUT2D eigenvalue weighted by molar-refractivity contribution is -0.129. The molecule has 0 bridgehead atoms. The third-order valence-electron chi connectivity index (χ3n) is 5.60. The first-order valence-electron chi connectivity index (χ1n) is 10.9. The van der Waals surface area contributed by atoms with Crippen molar-refractivity contribution in [3.63, 3.8) is 0 Å². The summed E-state index contributed by atoms with van der Waals surface area (Å²) < 4.78 is 13.7. The molecule has 1 aliphatic rings. The van der Waals surface area contributed by atoms with Gasteiger partial charge in [-0.1, -0.05) is 81.1 Å². The summed E-state index contributed by atoms with van der Waals surface area (Å²) >= 11 is 25.1. The highest BCUT2D eigenvalue weighted by molar-refractivity contribution is 9.10. The zero-order chi connectivity index (χ0) is 26.6. The highest BCUT2D eigenvalue weighted by atomic mass is 79.9. The number of para-hydroxylation sites is 1. The summed E-state index contributed by atoms with van der Waals surface area (Å²) in [6, 6.07) is 17.7. The van der Waals surface area contributed by atoms with Gasteiger partial charge in [0.2, 0.25) is 5.90 Å². The summed E-state index contributed by atoms with van der Waals surface area (Å²) in [5, 5.41) is 2.85. The number of halogens is 4. The molecule has 2 aromatic heterocycles. The maximum atomic E-state index is 13.0. The Balaban J connectivity index is 1.32. The minimum atomic E-state index is -0.639. The Bertz CT molecular complexity index is 1880. The van der Waals surface area contributed by atoms with Crippen LogP contribution >= 0.6 is 73.4 Å². The van der Waals surface area contributed by atoms with E-state index in [1.54, 1.807) is 42.5 Å². The summed E-state index contributed by atoms with van der Waals surface area (Å²) in [4.78, 5) is 30.9. The van der Waals surface area contributed by atoms with Crippen LogP contribution in [0.1, 0.15) is 20.1 Å². The van der Waals surface area contributed by atoms with E-state index in [1.807, 2.05) is 18.2 Å². The number of thiophene rings is 2. The SMILES string of the molecule is O=C1OC(c2sc3cc(Br)ccc3c2Cl)=N/C1=C/c1ccccc1OC(=O)c1sc2cc(Cl)ccc2c1Cl. The molecule has 0 aliphatic carbocycles. The van der Waals surface area contributed by atoms with Crippen molar-refractivity contribution >= 4 is 117 Å². The number of carbonyl (C=O) groups excluding carboxylic acids is 2. The summed E-state index contributed by atoms with van der Waals surface area (Å²) in [5.74, 6) is -0.911. The van der Waals surface area contributed by atoms with Crippen LogP contribution in [-0.2, 0) is 9.53 Å². The van der Waals surface area contributed by atoms with E-state index in [0.717, 1.165) is 19.3 Å². The number of hydrogen-bond donors (Lipinski definition) is 0. The van der Waals surface area contributed by atoms with Crippen molar-refractivity contribution in [2.75, 3.05) is 0 Å². The van der Waals surface area contributed by atoms with Crippen molar-refractivity contribution in [1.29, 1.82) is 0 Å². The van der Waals surface area contributed by atoms with Crippen LogP contribution in [0.15, 0.2) is 75.8 Å². The van der Waals surface area contributed by atoms with Crippen molar-refractivity contribution < 1.29 is 19.1 Å². The molecule has 0 radical (unpaired) electrons. The van der Waals surface area contributed by atoms with Crippen molar-refractivity contribution in [2.45, 2.75) is 0 Å². The van der Waals surface area contributed by atoms with E-state index in [2.05, 4.69) is 20.9 Å². The molecule has 5 nitrogen and oxygen atoms in total. The average molecular weight is 664 g/mol. The molecule has 38 heavy (non-hydrogen) atoms. The molecule has 0 N–H and O–H groups in total. The molecule has 6 rings (SSSR count). The molecule has 0 saturated carbocycles. The van der Waals surface area contributed by atoms with E-state index in [0.29, 0.717) is 30.9 Å². The van der Waals surface area contributed by atoms with Crippen molar-refractivity contribution in [2.24, 2.45) is 4.99 Å². The number of carbonyl (C=O) groups is 2. The van der Waals surface area contributed by atoms with Gasteiger partial charge in [0.15, 0.2) is 5.70 Å².